The highest BCUT2D eigenvalue weighted by Gasteiger charge is 2.30. The first-order chi connectivity index (χ1) is 10.1. The van der Waals surface area contributed by atoms with E-state index in [0.717, 1.165) is 25.1 Å². The maximum absolute atomic E-state index is 12.7. The minimum Gasteiger partial charge on any atom is -0.385 e. The van der Waals surface area contributed by atoms with Gasteiger partial charge < -0.3 is 10.1 Å². The molecule has 0 aromatic heterocycles. The molecule has 2 rings (SSSR count). The van der Waals surface area contributed by atoms with E-state index in [-0.39, 0.29) is 6.10 Å². The molecule has 1 aromatic carbocycles. The summed E-state index contributed by atoms with van der Waals surface area (Å²) in [6, 6.07) is 6.94. The Labute approximate surface area is 127 Å². The van der Waals surface area contributed by atoms with Crippen molar-refractivity contribution in [1.82, 2.24) is 4.31 Å². The molecular formula is C15H24N2O3S. The van der Waals surface area contributed by atoms with Gasteiger partial charge in [-0.25, -0.2) is 8.42 Å². The van der Waals surface area contributed by atoms with Gasteiger partial charge in [0.2, 0.25) is 10.0 Å². The SMILES string of the molecule is CCNc1ccc(S(=O)(=O)N2CCCC(OCC)C2)cc1. The van der Waals surface area contributed by atoms with Gasteiger partial charge in [-0.1, -0.05) is 0 Å². The van der Waals surface area contributed by atoms with Gasteiger partial charge in [0.1, 0.15) is 0 Å². The molecule has 0 radical (unpaired) electrons. The minimum absolute atomic E-state index is 0.0135. The summed E-state index contributed by atoms with van der Waals surface area (Å²) in [5.41, 5.74) is 0.933. The number of rotatable bonds is 6. The van der Waals surface area contributed by atoms with Gasteiger partial charge in [-0.05, 0) is 51.0 Å². The number of benzene rings is 1. The molecule has 1 aromatic rings. The summed E-state index contributed by atoms with van der Waals surface area (Å²) >= 11 is 0. The fraction of sp³-hybridized carbons (Fsp3) is 0.600. The highest BCUT2D eigenvalue weighted by molar-refractivity contribution is 7.89. The van der Waals surface area contributed by atoms with E-state index >= 15 is 0 Å². The molecule has 0 saturated carbocycles. The van der Waals surface area contributed by atoms with Crippen LogP contribution >= 0.6 is 0 Å². The topological polar surface area (TPSA) is 58.6 Å². The first-order valence-corrected chi connectivity index (χ1v) is 8.97. The van der Waals surface area contributed by atoms with Crippen LogP contribution < -0.4 is 5.32 Å². The van der Waals surface area contributed by atoms with Gasteiger partial charge in [0.05, 0.1) is 11.0 Å². The number of ether oxygens (including phenoxy) is 1. The van der Waals surface area contributed by atoms with Crippen molar-refractivity contribution in [2.45, 2.75) is 37.7 Å². The lowest BCUT2D eigenvalue weighted by atomic mass is 10.1. The summed E-state index contributed by atoms with van der Waals surface area (Å²) in [7, 11) is -3.42. The van der Waals surface area contributed by atoms with Gasteiger partial charge in [0.25, 0.3) is 0 Å². The monoisotopic (exact) mass is 312 g/mol. The van der Waals surface area contributed by atoms with Crippen LogP contribution in [0.2, 0.25) is 0 Å². The summed E-state index contributed by atoms with van der Waals surface area (Å²) in [5, 5.41) is 3.16. The smallest absolute Gasteiger partial charge is 0.243 e. The van der Waals surface area contributed by atoms with E-state index in [1.165, 1.54) is 0 Å². The van der Waals surface area contributed by atoms with Crippen molar-refractivity contribution in [2.75, 3.05) is 31.6 Å². The second-order valence-corrected chi connectivity index (χ2v) is 7.08. The highest BCUT2D eigenvalue weighted by Crippen LogP contribution is 2.23. The molecule has 1 fully saturated rings. The van der Waals surface area contributed by atoms with Crippen LogP contribution in [0.5, 0.6) is 0 Å². The second-order valence-electron chi connectivity index (χ2n) is 5.14. The predicted molar refractivity (Wildman–Crippen MR) is 84.0 cm³/mol. The van der Waals surface area contributed by atoms with Crippen molar-refractivity contribution < 1.29 is 13.2 Å². The average molecular weight is 312 g/mol. The molecular weight excluding hydrogens is 288 g/mol. The Balaban J connectivity index is 2.13. The van der Waals surface area contributed by atoms with Gasteiger partial charge in [-0.15, -0.1) is 0 Å². The highest BCUT2D eigenvalue weighted by atomic mass is 32.2. The fourth-order valence-corrected chi connectivity index (χ4v) is 4.10. The lowest BCUT2D eigenvalue weighted by molar-refractivity contribution is 0.0265. The maximum Gasteiger partial charge on any atom is 0.243 e. The zero-order valence-corrected chi connectivity index (χ0v) is 13.5. The molecule has 1 atom stereocenters. The second kappa shape index (κ2) is 7.24. The summed E-state index contributed by atoms with van der Waals surface area (Å²) in [4.78, 5) is 0.348. The molecule has 0 aliphatic carbocycles. The molecule has 21 heavy (non-hydrogen) atoms. The Morgan fingerprint density at radius 1 is 1.29 bits per heavy atom. The molecule has 6 heteroatoms. The standard InChI is InChI=1S/C15H24N2O3S/c1-3-16-13-7-9-15(10-8-13)21(18,19)17-11-5-6-14(12-17)20-4-2/h7-10,14,16H,3-6,11-12H2,1-2H3. The van der Waals surface area contributed by atoms with Crippen molar-refractivity contribution in [2.24, 2.45) is 0 Å². The van der Waals surface area contributed by atoms with E-state index < -0.39 is 10.0 Å². The lowest BCUT2D eigenvalue weighted by Crippen LogP contribution is -2.43. The van der Waals surface area contributed by atoms with E-state index in [0.29, 0.717) is 24.6 Å². The van der Waals surface area contributed by atoms with Crippen LogP contribution in [-0.2, 0) is 14.8 Å². The molecule has 0 amide bonds. The van der Waals surface area contributed by atoms with E-state index in [2.05, 4.69) is 5.32 Å². The van der Waals surface area contributed by atoms with Gasteiger partial charge in [0.15, 0.2) is 0 Å². The number of sulfonamides is 1. The van der Waals surface area contributed by atoms with E-state index in [1.807, 2.05) is 13.8 Å². The molecule has 1 aliphatic heterocycles. The number of nitrogens with zero attached hydrogens (tertiary/aromatic N) is 1. The summed E-state index contributed by atoms with van der Waals surface area (Å²) in [6.07, 6.45) is 1.79. The van der Waals surface area contributed by atoms with Gasteiger partial charge in [-0.2, -0.15) is 4.31 Å². The van der Waals surface area contributed by atoms with Gasteiger partial charge in [-0.3, -0.25) is 0 Å². The van der Waals surface area contributed by atoms with Crippen molar-refractivity contribution in [1.29, 1.82) is 0 Å². The van der Waals surface area contributed by atoms with Crippen LogP contribution in [0.1, 0.15) is 26.7 Å². The van der Waals surface area contributed by atoms with Crippen molar-refractivity contribution in [3.63, 3.8) is 0 Å². The van der Waals surface area contributed by atoms with Crippen molar-refractivity contribution in [3.05, 3.63) is 24.3 Å². The van der Waals surface area contributed by atoms with Crippen LogP contribution in [-0.4, -0.2) is 45.1 Å². The molecule has 0 bridgehead atoms. The normalized spacial score (nSPS) is 20.4. The summed E-state index contributed by atoms with van der Waals surface area (Å²) < 4.78 is 32.4. The Morgan fingerprint density at radius 3 is 2.62 bits per heavy atom. The number of anilines is 1. The first-order valence-electron chi connectivity index (χ1n) is 7.53. The number of hydrogen-bond donors (Lipinski definition) is 1. The Morgan fingerprint density at radius 2 is 2.00 bits per heavy atom. The number of hydrogen-bond acceptors (Lipinski definition) is 4. The predicted octanol–water partition coefficient (Wildman–Crippen LogP) is 2.31. The van der Waals surface area contributed by atoms with E-state index in [4.69, 9.17) is 4.74 Å². The third-order valence-corrected chi connectivity index (χ3v) is 5.50. The first kappa shape index (κ1) is 16.3. The molecule has 1 unspecified atom stereocenters. The molecule has 1 heterocycles. The maximum atomic E-state index is 12.7. The molecule has 1 saturated heterocycles. The Bertz CT molecular complexity index is 541. The third kappa shape index (κ3) is 3.96. The number of piperidine rings is 1. The largest absolute Gasteiger partial charge is 0.385 e. The molecule has 1 aliphatic rings. The molecule has 1 N–H and O–H groups in total. The van der Waals surface area contributed by atoms with Crippen molar-refractivity contribution in [3.8, 4) is 0 Å². The molecule has 118 valence electrons. The van der Waals surface area contributed by atoms with Gasteiger partial charge in [0, 0.05) is 31.9 Å². The Kier molecular flexibility index (Phi) is 5.61. The Hall–Kier alpha value is -1.11. The van der Waals surface area contributed by atoms with Crippen LogP contribution in [0.4, 0.5) is 5.69 Å². The van der Waals surface area contributed by atoms with Crippen molar-refractivity contribution >= 4 is 15.7 Å². The quantitative estimate of drug-likeness (QED) is 0.876. The van der Waals surface area contributed by atoms with Crippen LogP contribution in [0.25, 0.3) is 0 Å². The van der Waals surface area contributed by atoms with Crippen LogP contribution in [0.3, 0.4) is 0 Å². The fourth-order valence-electron chi connectivity index (χ4n) is 2.59. The van der Waals surface area contributed by atoms with Crippen LogP contribution in [0.15, 0.2) is 29.2 Å². The lowest BCUT2D eigenvalue weighted by Gasteiger charge is -2.31. The summed E-state index contributed by atoms with van der Waals surface area (Å²) in [6.45, 7) is 6.40. The van der Waals surface area contributed by atoms with E-state index in [9.17, 15) is 8.42 Å². The van der Waals surface area contributed by atoms with E-state index in [1.54, 1.807) is 28.6 Å². The summed E-state index contributed by atoms with van der Waals surface area (Å²) in [5.74, 6) is 0. The average Bonchev–Trinajstić information content (AvgIpc) is 2.49. The zero-order valence-electron chi connectivity index (χ0n) is 12.7. The van der Waals surface area contributed by atoms with Crippen LogP contribution in [0, 0.1) is 0 Å². The third-order valence-electron chi connectivity index (χ3n) is 3.62. The van der Waals surface area contributed by atoms with Gasteiger partial charge >= 0.3 is 0 Å². The minimum atomic E-state index is -3.42. The zero-order chi connectivity index (χ0) is 15.3. The molecule has 5 nitrogen and oxygen atoms in total. The molecule has 0 spiro atoms. The number of nitrogens with one attached hydrogen (secondary N) is 1.